The quantitative estimate of drug-likeness (QED) is 0.911. The molecule has 2 aromatic rings. The number of piperidine rings is 1. The van der Waals surface area contributed by atoms with Gasteiger partial charge in [0.2, 0.25) is 0 Å². The maximum atomic E-state index is 12.7. The molecular weight excluding hydrogens is 344 g/mol. The smallest absolute Gasteiger partial charge is 0.261 e. The Hall–Kier alpha value is -1.85. The van der Waals surface area contributed by atoms with Gasteiger partial charge in [-0.05, 0) is 42.3 Å². The van der Waals surface area contributed by atoms with Crippen molar-refractivity contribution in [3.8, 4) is 0 Å². The number of fused-ring (bicyclic) bond motifs is 2. The van der Waals surface area contributed by atoms with Crippen molar-refractivity contribution in [2.24, 2.45) is 5.92 Å². The van der Waals surface area contributed by atoms with Crippen molar-refractivity contribution in [1.29, 1.82) is 0 Å². The lowest BCUT2D eigenvalue weighted by atomic mass is 10.0. The second-order valence-corrected chi connectivity index (χ2v) is 7.73. The first-order chi connectivity index (χ1) is 11.6. The molecule has 1 N–H and O–H groups in total. The van der Waals surface area contributed by atoms with Gasteiger partial charge in [0.05, 0.1) is 15.5 Å². The van der Waals surface area contributed by atoms with Crippen LogP contribution in [0.3, 0.4) is 0 Å². The number of benzene rings is 1. The molecule has 6 heteroatoms. The molecule has 1 aromatic heterocycles. The van der Waals surface area contributed by atoms with Crippen LogP contribution in [-0.4, -0.2) is 35.3 Å². The first-order valence-electron chi connectivity index (χ1n) is 8.03. The molecule has 2 heterocycles. The molecule has 0 radical (unpaired) electrons. The van der Waals surface area contributed by atoms with E-state index in [9.17, 15) is 9.59 Å². The van der Waals surface area contributed by atoms with Crippen LogP contribution < -0.4 is 5.32 Å². The van der Waals surface area contributed by atoms with Gasteiger partial charge < -0.3 is 10.2 Å². The number of nitrogens with one attached hydrogen (secondary N) is 1. The van der Waals surface area contributed by atoms with Crippen molar-refractivity contribution in [2.45, 2.75) is 24.9 Å². The third-order valence-electron chi connectivity index (χ3n) is 4.97. The molecule has 3 atom stereocenters. The summed E-state index contributed by atoms with van der Waals surface area (Å²) in [7, 11) is 0. The Morgan fingerprint density at radius 2 is 2.00 bits per heavy atom. The highest BCUT2D eigenvalue weighted by atomic mass is 35.5. The van der Waals surface area contributed by atoms with E-state index in [1.165, 1.54) is 11.3 Å². The summed E-state index contributed by atoms with van der Waals surface area (Å²) in [6, 6.07) is 11.2. The van der Waals surface area contributed by atoms with Crippen molar-refractivity contribution in [1.82, 2.24) is 10.2 Å². The number of rotatable bonds is 3. The number of halogens is 1. The number of carbonyl (C=O) groups is 2. The van der Waals surface area contributed by atoms with Crippen LogP contribution in [0, 0.1) is 5.92 Å². The van der Waals surface area contributed by atoms with Crippen molar-refractivity contribution >= 4 is 34.8 Å². The van der Waals surface area contributed by atoms with Gasteiger partial charge in [0.25, 0.3) is 11.8 Å². The van der Waals surface area contributed by atoms with Gasteiger partial charge in [-0.3, -0.25) is 9.59 Å². The van der Waals surface area contributed by atoms with Gasteiger partial charge >= 0.3 is 0 Å². The summed E-state index contributed by atoms with van der Waals surface area (Å²) in [6.07, 6.45) is 1.77. The molecule has 1 saturated heterocycles. The van der Waals surface area contributed by atoms with E-state index < -0.39 is 0 Å². The van der Waals surface area contributed by atoms with Crippen LogP contribution in [0.25, 0.3) is 0 Å². The number of hydrogen-bond acceptors (Lipinski definition) is 3. The fourth-order valence-electron chi connectivity index (χ4n) is 3.82. The molecule has 4 rings (SSSR count). The Bertz CT molecular complexity index is 777. The van der Waals surface area contributed by atoms with E-state index in [1.807, 2.05) is 34.5 Å². The molecule has 1 aliphatic carbocycles. The number of thiophene rings is 1. The van der Waals surface area contributed by atoms with Gasteiger partial charge in [-0.1, -0.05) is 29.8 Å². The van der Waals surface area contributed by atoms with Gasteiger partial charge in [0.1, 0.15) is 0 Å². The maximum absolute atomic E-state index is 12.7. The zero-order chi connectivity index (χ0) is 16.7. The summed E-state index contributed by atoms with van der Waals surface area (Å²) >= 11 is 7.60. The van der Waals surface area contributed by atoms with E-state index in [0.717, 1.165) is 17.7 Å². The third kappa shape index (κ3) is 2.72. The van der Waals surface area contributed by atoms with E-state index >= 15 is 0 Å². The minimum Gasteiger partial charge on any atom is -0.348 e. The van der Waals surface area contributed by atoms with Crippen molar-refractivity contribution < 1.29 is 9.59 Å². The average molecular weight is 361 g/mol. The topological polar surface area (TPSA) is 49.4 Å². The maximum Gasteiger partial charge on any atom is 0.261 e. The molecule has 2 bridgehead atoms. The lowest BCUT2D eigenvalue weighted by molar-refractivity contribution is 0.0680. The summed E-state index contributed by atoms with van der Waals surface area (Å²) in [4.78, 5) is 27.6. The molecule has 1 aliphatic heterocycles. The van der Waals surface area contributed by atoms with Crippen molar-refractivity contribution in [3.05, 3.63) is 57.2 Å². The molecule has 2 fully saturated rings. The molecule has 2 amide bonds. The minimum atomic E-state index is -0.00784. The van der Waals surface area contributed by atoms with Crippen LogP contribution in [0.5, 0.6) is 0 Å². The summed E-state index contributed by atoms with van der Waals surface area (Å²) in [6.45, 7) is 0.685. The SMILES string of the molecule is O=C(N[C@H]1C[C@@H]2C[C@H]1CN2C(=O)c1ccccc1Cl)c1cccs1. The number of hydrogen-bond donors (Lipinski definition) is 1. The van der Waals surface area contributed by atoms with Crippen molar-refractivity contribution in [3.63, 3.8) is 0 Å². The summed E-state index contributed by atoms with van der Waals surface area (Å²) in [5.74, 6) is 0.313. The Balaban J connectivity index is 1.42. The predicted octanol–water partition coefficient (Wildman–Crippen LogP) is 3.43. The molecule has 1 saturated carbocycles. The monoisotopic (exact) mass is 360 g/mol. The average Bonchev–Trinajstić information content (AvgIpc) is 3.31. The van der Waals surface area contributed by atoms with Crippen LogP contribution >= 0.6 is 22.9 Å². The molecule has 0 spiro atoms. The second-order valence-electron chi connectivity index (χ2n) is 6.38. The van der Waals surface area contributed by atoms with Crippen molar-refractivity contribution in [2.75, 3.05) is 6.54 Å². The first-order valence-corrected chi connectivity index (χ1v) is 9.29. The minimum absolute atomic E-state index is 0.00358. The van der Waals surface area contributed by atoms with E-state index in [1.54, 1.807) is 12.1 Å². The highest BCUT2D eigenvalue weighted by Crippen LogP contribution is 2.39. The van der Waals surface area contributed by atoms with Gasteiger partial charge in [0.15, 0.2) is 0 Å². The zero-order valence-electron chi connectivity index (χ0n) is 12.9. The zero-order valence-corrected chi connectivity index (χ0v) is 14.5. The Morgan fingerprint density at radius 3 is 2.67 bits per heavy atom. The van der Waals surface area contributed by atoms with Gasteiger partial charge in [-0.15, -0.1) is 11.3 Å². The molecule has 0 unspecified atom stereocenters. The molecule has 24 heavy (non-hydrogen) atoms. The summed E-state index contributed by atoms with van der Waals surface area (Å²) < 4.78 is 0. The lowest BCUT2D eigenvalue weighted by Crippen LogP contribution is -2.47. The third-order valence-corrected chi connectivity index (χ3v) is 6.17. The molecule has 2 aliphatic rings. The van der Waals surface area contributed by atoms with E-state index in [4.69, 9.17) is 11.6 Å². The van der Waals surface area contributed by atoms with E-state index in [0.29, 0.717) is 23.0 Å². The van der Waals surface area contributed by atoms with Crippen LogP contribution in [0.2, 0.25) is 5.02 Å². The summed E-state index contributed by atoms with van der Waals surface area (Å²) in [5.41, 5.74) is 0.561. The Labute approximate surface area is 149 Å². The molecular formula is C18H17ClN2O2S. The van der Waals surface area contributed by atoms with E-state index in [-0.39, 0.29) is 23.9 Å². The highest BCUT2D eigenvalue weighted by molar-refractivity contribution is 7.12. The van der Waals surface area contributed by atoms with Gasteiger partial charge in [-0.25, -0.2) is 0 Å². The van der Waals surface area contributed by atoms with Gasteiger partial charge in [0, 0.05) is 18.6 Å². The standard InChI is InChI=1S/C18H17ClN2O2S/c19-14-5-2-1-4-13(14)18(23)21-10-11-8-12(21)9-15(11)20-17(22)16-6-3-7-24-16/h1-7,11-12,15H,8-10H2,(H,20,22)/t11-,12-,15-/m0/s1. The van der Waals surface area contributed by atoms with Gasteiger partial charge in [-0.2, -0.15) is 0 Å². The fraction of sp³-hybridized carbons (Fsp3) is 0.333. The first kappa shape index (κ1) is 15.7. The Kier molecular flexibility index (Phi) is 4.06. The fourth-order valence-corrected chi connectivity index (χ4v) is 4.66. The number of carbonyl (C=O) groups excluding carboxylic acids is 2. The normalized spacial score (nSPS) is 25.0. The molecule has 124 valence electrons. The van der Waals surface area contributed by atoms with Crippen LogP contribution in [0.1, 0.15) is 32.9 Å². The lowest BCUT2D eigenvalue weighted by Gasteiger charge is -2.32. The molecule has 4 nitrogen and oxygen atoms in total. The summed E-state index contributed by atoms with van der Waals surface area (Å²) in [5, 5.41) is 5.53. The Morgan fingerprint density at radius 1 is 1.17 bits per heavy atom. The van der Waals surface area contributed by atoms with E-state index in [2.05, 4.69) is 5.32 Å². The van der Waals surface area contributed by atoms with Crippen LogP contribution in [0.15, 0.2) is 41.8 Å². The number of amides is 2. The number of nitrogens with zero attached hydrogens (tertiary/aromatic N) is 1. The number of likely N-dealkylation sites (tertiary alicyclic amines) is 1. The highest BCUT2D eigenvalue weighted by Gasteiger charge is 2.47. The largest absolute Gasteiger partial charge is 0.348 e. The second kappa shape index (κ2) is 6.22. The predicted molar refractivity (Wildman–Crippen MR) is 94.6 cm³/mol. The van der Waals surface area contributed by atoms with Crippen LogP contribution in [-0.2, 0) is 0 Å². The molecule has 1 aromatic carbocycles. The van der Waals surface area contributed by atoms with Crippen LogP contribution in [0.4, 0.5) is 0 Å².